The van der Waals surface area contributed by atoms with Crippen LogP contribution in [0.1, 0.15) is 67.8 Å². The Balaban J connectivity index is 1.67. The van der Waals surface area contributed by atoms with E-state index in [-0.39, 0.29) is 18.0 Å². The number of hydrogen-bond donors (Lipinski definition) is 2. The van der Waals surface area contributed by atoms with E-state index in [2.05, 4.69) is 15.9 Å². The summed E-state index contributed by atoms with van der Waals surface area (Å²) in [4.78, 5) is 39.7. The molecule has 190 valence electrons. The van der Waals surface area contributed by atoms with Crippen LogP contribution in [0.25, 0.3) is 20.5 Å². The molecular weight excluding hydrogens is 542 g/mol. The van der Waals surface area contributed by atoms with Gasteiger partial charge in [-0.15, -0.1) is 11.3 Å². The van der Waals surface area contributed by atoms with Gasteiger partial charge < -0.3 is 15.1 Å². The van der Waals surface area contributed by atoms with E-state index in [1.165, 1.54) is 11.3 Å². The van der Waals surface area contributed by atoms with Crippen LogP contribution < -0.4 is 0 Å². The molecule has 0 aliphatic heterocycles. The highest BCUT2D eigenvalue weighted by Gasteiger charge is 2.43. The molecule has 0 radical (unpaired) electrons. The zero-order chi connectivity index (χ0) is 25.9. The Hall–Kier alpha value is -2.71. The van der Waals surface area contributed by atoms with Crippen LogP contribution in [0.5, 0.6) is 0 Å². The number of carboxylic acids is 2. The molecule has 2 N–H and O–H groups in total. The van der Waals surface area contributed by atoms with Crippen molar-refractivity contribution in [3.63, 3.8) is 0 Å². The molecule has 1 saturated carbocycles. The van der Waals surface area contributed by atoms with Crippen LogP contribution in [0, 0.1) is 5.41 Å². The third kappa shape index (κ3) is 5.34. The van der Waals surface area contributed by atoms with Crippen molar-refractivity contribution in [1.29, 1.82) is 0 Å². The second-order valence-electron chi connectivity index (χ2n) is 9.57. The second kappa shape index (κ2) is 11.1. The second-order valence-corrected chi connectivity index (χ2v) is 11.4. The van der Waals surface area contributed by atoms with Gasteiger partial charge in [0.05, 0.1) is 15.9 Å². The molecule has 4 rings (SSSR count). The van der Waals surface area contributed by atoms with Gasteiger partial charge in [0, 0.05) is 39.6 Å². The lowest BCUT2D eigenvalue weighted by molar-refractivity contribution is -0.151. The first kappa shape index (κ1) is 26.4. The maximum atomic E-state index is 13.2. The molecule has 1 aromatic heterocycles. The van der Waals surface area contributed by atoms with Crippen LogP contribution >= 0.6 is 27.3 Å². The summed E-state index contributed by atoms with van der Waals surface area (Å²) in [5.41, 5.74) is 0.944. The summed E-state index contributed by atoms with van der Waals surface area (Å²) < 4.78 is 1.82. The Morgan fingerprint density at radius 2 is 1.81 bits per heavy atom. The number of carbonyl (C=O) groups excluding carboxylic acids is 1. The molecule has 1 amide bonds. The predicted octanol–water partition coefficient (Wildman–Crippen LogP) is 7.19. The van der Waals surface area contributed by atoms with Crippen LogP contribution in [0.4, 0.5) is 0 Å². The highest BCUT2D eigenvalue weighted by Crippen LogP contribution is 2.44. The maximum Gasteiger partial charge on any atom is 0.336 e. The first-order valence-corrected chi connectivity index (χ1v) is 13.9. The Morgan fingerprint density at radius 1 is 1.08 bits per heavy atom. The topological polar surface area (TPSA) is 94.9 Å². The van der Waals surface area contributed by atoms with E-state index in [9.17, 15) is 24.6 Å². The van der Waals surface area contributed by atoms with E-state index >= 15 is 0 Å². The number of carbonyl (C=O) groups is 3. The number of unbranched alkanes of at least 4 members (excludes halogenated alkanes) is 1. The first-order valence-electron chi connectivity index (χ1n) is 12.3. The Labute approximate surface area is 223 Å². The van der Waals surface area contributed by atoms with Gasteiger partial charge in [-0.3, -0.25) is 9.59 Å². The molecule has 36 heavy (non-hydrogen) atoms. The highest BCUT2D eigenvalue weighted by molar-refractivity contribution is 9.10. The van der Waals surface area contributed by atoms with Crippen LogP contribution in [0.3, 0.4) is 0 Å². The van der Waals surface area contributed by atoms with Gasteiger partial charge in [-0.25, -0.2) is 4.79 Å². The summed E-state index contributed by atoms with van der Waals surface area (Å²) in [6.45, 7) is 2.61. The van der Waals surface area contributed by atoms with E-state index in [4.69, 9.17) is 0 Å². The number of halogens is 1. The lowest BCUT2D eigenvalue weighted by atomic mass is 9.85. The minimum atomic E-state index is -0.976. The Bertz CT molecular complexity index is 1290. The highest BCUT2D eigenvalue weighted by atomic mass is 79.9. The third-order valence-corrected chi connectivity index (χ3v) is 9.36. The molecule has 6 nitrogen and oxygen atoms in total. The minimum absolute atomic E-state index is 0.00932. The molecule has 0 saturated heterocycles. The van der Waals surface area contributed by atoms with E-state index < -0.39 is 17.4 Å². The monoisotopic (exact) mass is 571 g/mol. The van der Waals surface area contributed by atoms with Crippen molar-refractivity contribution in [2.75, 3.05) is 6.54 Å². The average molecular weight is 573 g/mol. The van der Waals surface area contributed by atoms with Crippen molar-refractivity contribution in [2.45, 2.75) is 58.4 Å². The lowest BCUT2D eigenvalue weighted by Gasteiger charge is -2.32. The van der Waals surface area contributed by atoms with Crippen molar-refractivity contribution in [2.24, 2.45) is 5.41 Å². The number of amides is 1. The molecule has 0 bridgehead atoms. The van der Waals surface area contributed by atoms with Gasteiger partial charge in [-0.1, -0.05) is 50.5 Å². The summed E-state index contributed by atoms with van der Waals surface area (Å²) in [6.07, 6.45) is 5.03. The van der Waals surface area contributed by atoms with Crippen molar-refractivity contribution in [1.82, 2.24) is 4.90 Å². The van der Waals surface area contributed by atoms with Gasteiger partial charge in [0.25, 0.3) is 0 Å². The fraction of sp³-hybridized carbons (Fsp3) is 0.393. The zero-order valence-electron chi connectivity index (χ0n) is 20.3. The molecule has 1 heterocycles. The molecule has 2 aromatic carbocycles. The van der Waals surface area contributed by atoms with Gasteiger partial charge in [0.1, 0.15) is 0 Å². The normalized spacial score (nSPS) is 14.7. The van der Waals surface area contributed by atoms with Gasteiger partial charge in [0.15, 0.2) is 0 Å². The standard InChI is InChI=1S/C28H30BrNO5S/c1-2-3-10-23(31)30(17-28(27(34)35)13-6-7-14-28)16-18-11-12-22-21(15-18)24(29)25(36-22)19-8-4-5-9-20(19)26(32)33/h4-5,8-9,11-12,15H,2-3,6-7,10,13-14,16-17H2,1H3,(H,32,33)(H,34,35). The lowest BCUT2D eigenvalue weighted by Crippen LogP contribution is -2.43. The fourth-order valence-electron chi connectivity index (χ4n) is 5.05. The molecule has 0 atom stereocenters. The summed E-state index contributed by atoms with van der Waals surface area (Å²) in [6, 6.07) is 12.9. The molecule has 0 unspecified atom stereocenters. The van der Waals surface area contributed by atoms with Crippen molar-refractivity contribution < 1.29 is 24.6 Å². The fourth-order valence-corrected chi connectivity index (χ4v) is 7.08. The quantitative estimate of drug-likeness (QED) is 0.268. The summed E-state index contributed by atoms with van der Waals surface area (Å²) >= 11 is 5.21. The number of fused-ring (bicyclic) bond motifs is 1. The molecule has 8 heteroatoms. The van der Waals surface area contributed by atoms with E-state index in [0.29, 0.717) is 31.4 Å². The van der Waals surface area contributed by atoms with Crippen LogP contribution in [0.15, 0.2) is 46.9 Å². The van der Waals surface area contributed by atoms with Gasteiger partial charge in [-0.2, -0.15) is 0 Å². The number of aromatic carboxylic acids is 1. The molecule has 1 aliphatic rings. The van der Waals surface area contributed by atoms with Crippen LogP contribution in [-0.2, 0) is 16.1 Å². The van der Waals surface area contributed by atoms with Crippen molar-refractivity contribution >= 4 is 55.2 Å². The molecule has 1 aliphatic carbocycles. The largest absolute Gasteiger partial charge is 0.481 e. The smallest absolute Gasteiger partial charge is 0.336 e. The van der Waals surface area contributed by atoms with Crippen molar-refractivity contribution in [3.05, 3.63) is 58.1 Å². The first-order chi connectivity index (χ1) is 17.3. The van der Waals surface area contributed by atoms with E-state index in [1.54, 1.807) is 23.1 Å². The minimum Gasteiger partial charge on any atom is -0.481 e. The third-order valence-electron chi connectivity index (χ3n) is 7.07. The number of thiophene rings is 1. The van der Waals surface area contributed by atoms with Gasteiger partial charge in [-0.05, 0) is 59.0 Å². The number of benzene rings is 2. The molecule has 0 spiro atoms. The van der Waals surface area contributed by atoms with E-state index in [1.807, 2.05) is 31.2 Å². The average Bonchev–Trinajstić information content (AvgIpc) is 3.47. The van der Waals surface area contributed by atoms with Crippen LogP contribution in [-0.4, -0.2) is 39.5 Å². The number of carboxylic acid groups (broad SMARTS) is 2. The Kier molecular flexibility index (Phi) is 8.15. The van der Waals surface area contributed by atoms with E-state index in [0.717, 1.165) is 50.7 Å². The molecular formula is C28H30BrNO5S. The maximum absolute atomic E-state index is 13.2. The Morgan fingerprint density at radius 3 is 2.47 bits per heavy atom. The SMILES string of the molecule is CCCCC(=O)N(Cc1ccc2sc(-c3ccccc3C(=O)O)c(Br)c2c1)CC1(C(=O)O)CCCC1. The predicted molar refractivity (Wildman–Crippen MR) is 145 cm³/mol. The number of hydrogen-bond acceptors (Lipinski definition) is 4. The number of aliphatic carboxylic acids is 1. The van der Waals surface area contributed by atoms with Gasteiger partial charge >= 0.3 is 11.9 Å². The van der Waals surface area contributed by atoms with Crippen molar-refractivity contribution in [3.8, 4) is 10.4 Å². The zero-order valence-corrected chi connectivity index (χ0v) is 22.7. The summed E-state index contributed by atoms with van der Waals surface area (Å²) in [5.74, 6) is -1.80. The number of nitrogens with zero attached hydrogens (tertiary/aromatic N) is 1. The van der Waals surface area contributed by atoms with Crippen LogP contribution in [0.2, 0.25) is 0 Å². The molecule has 3 aromatic rings. The van der Waals surface area contributed by atoms with Gasteiger partial charge in [0.2, 0.25) is 5.91 Å². The molecule has 1 fully saturated rings. The number of rotatable bonds is 10. The summed E-state index contributed by atoms with van der Waals surface area (Å²) in [7, 11) is 0. The summed E-state index contributed by atoms with van der Waals surface area (Å²) in [5, 5.41) is 20.6.